The van der Waals surface area contributed by atoms with Crippen molar-refractivity contribution in [2.75, 3.05) is 5.32 Å². The molecule has 23 heavy (non-hydrogen) atoms. The second kappa shape index (κ2) is 5.53. The lowest BCUT2D eigenvalue weighted by Gasteiger charge is -2.33. The van der Waals surface area contributed by atoms with E-state index in [-0.39, 0.29) is 22.8 Å². The Balaban J connectivity index is 1.87. The van der Waals surface area contributed by atoms with Crippen molar-refractivity contribution < 1.29 is 4.79 Å². The number of H-pyrrole nitrogens is 1. The number of nitrogens with one attached hydrogen (secondary N) is 3. The highest BCUT2D eigenvalue weighted by atomic mass is 16.1. The Morgan fingerprint density at radius 3 is 3.00 bits per heavy atom. The first-order valence-electron chi connectivity index (χ1n) is 7.04. The average molecular weight is 309 g/mol. The lowest BCUT2D eigenvalue weighted by Crippen LogP contribution is -2.46. The number of nitriles is 1. The zero-order valence-corrected chi connectivity index (χ0v) is 12.7. The van der Waals surface area contributed by atoms with Gasteiger partial charge in [0.25, 0.3) is 0 Å². The normalized spacial score (nSPS) is 16.2. The summed E-state index contributed by atoms with van der Waals surface area (Å²) in [6, 6.07) is 7.80. The van der Waals surface area contributed by atoms with Gasteiger partial charge in [0.1, 0.15) is 11.6 Å². The maximum atomic E-state index is 11.8. The molecule has 0 saturated carbocycles. The number of carbonyl (C=O) groups excluding carboxylic acids is 1. The molecule has 1 aliphatic rings. The first kappa shape index (κ1) is 14.7. The van der Waals surface area contributed by atoms with Crippen molar-refractivity contribution in [3.63, 3.8) is 0 Å². The van der Waals surface area contributed by atoms with Gasteiger partial charge in [0.2, 0.25) is 11.7 Å². The molecule has 3 rings (SSSR count). The van der Waals surface area contributed by atoms with Crippen molar-refractivity contribution in [1.82, 2.24) is 25.9 Å². The number of anilines is 1. The number of rotatable bonds is 3. The van der Waals surface area contributed by atoms with E-state index in [1.807, 2.05) is 38.1 Å². The topological polar surface area (TPSA) is 119 Å². The zero-order chi connectivity index (χ0) is 16.4. The first-order valence-corrected chi connectivity index (χ1v) is 7.04. The summed E-state index contributed by atoms with van der Waals surface area (Å²) in [5.41, 5.74) is 2.71. The standard InChI is InChI=1S/C15H15N7O/c1-15(2)12-4-3-11(5-9(12)6-13(23)18-15)17-8-10(7-16)14-19-21-22-20-14/h3-5,8,17H,6H2,1-2H3,(H,18,23)(H,19,20,21,22). The van der Waals surface area contributed by atoms with E-state index in [0.29, 0.717) is 6.42 Å². The highest BCUT2D eigenvalue weighted by Gasteiger charge is 2.30. The summed E-state index contributed by atoms with van der Waals surface area (Å²) in [7, 11) is 0. The van der Waals surface area contributed by atoms with Crippen LogP contribution in [0.4, 0.5) is 5.69 Å². The molecule has 1 amide bonds. The smallest absolute Gasteiger partial charge is 0.225 e. The number of amides is 1. The Bertz CT molecular complexity index is 815. The molecule has 0 aliphatic carbocycles. The molecule has 8 heteroatoms. The molecule has 0 atom stereocenters. The predicted molar refractivity (Wildman–Crippen MR) is 82.7 cm³/mol. The number of benzene rings is 1. The van der Waals surface area contributed by atoms with Gasteiger partial charge in [-0.05, 0) is 42.3 Å². The highest BCUT2D eigenvalue weighted by molar-refractivity contribution is 5.83. The van der Waals surface area contributed by atoms with Crippen molar-refractivity contribution in [2.24, 2.45) is 0 Å². The fraction of sp³-hybridized carbons (Fsp3) is 0.267. The van der Waals surface area contributed by atoms with Crippen LogP contribution in [0.1, 0.15) is 30.8 Å². The minimum absolute atomic E-state index is 0.000275. The molecule has 0 radical (unpaired) electrons. The minimum atomic E-state index is -0.387. The summed E-state index contributed by atoms with van der Waals surface area (Å²) in [6.07, 6.45) is 1.86. The molecule has 0 spiro atoms. The largest absolute Gasteiger partial charge is 0.360 e. The third kappa shape index (κ3) is 2.89. The van der Waals surface area contributed by atoms with Crippen LogP contribution in [0.3, 0.4) is 0 Å². The van der Waals surface area contributed by atoms with Gasteiger partial charge < -0.3 is 10.6 Å². The van der Waals surface area contributed by atoms with E-state index in [4.69, 9.17) is 5.26 Å². The molecule has 0 fully saturated rings. The molecule has 0 unspecified atom stereocenters. The van der Waals surface area contributed by atoms with Crippen molar-refractivity contribution >= 4 is 17.2 Å². The van der Waals surface area contributed by atoms with Crippen LogP contribution in [0.5, 0.6) is 0 Å². The highest BCUT2D eigenvalue weighted by Crippen LogP contribution is 2.30. The van der Waals surface area contributed by atoms with E-state index in [2.05, 4.69) is 31.3 Å². The molecule has 0 bridgehead atoms. The third-order valence-corrected chi connectivity index (χ3v) is 3.67. The first-order chi connectivity index (χ1) is 11.0. The number of allylic oxidation sites excluding steroid dienone is 1. The molecule has 2 heterocycles. The number of hydrogen-bond donors (Lipinski definition) is 3. The monoisotopic (exact) mass is 309 g/mol. The summed E-state index contributed by atoms with van der Waals surface area (Å²) >= 11 is 0. The van der Waals surface area contributed by atoms with Gasteiger partial charge in [0.15, 0.2) is 0 Å². The second-order valence-electron chi connectivity index (χ2n) is 5.77. The number of nitrogens with zero attached hydrogens (tertiary/aromatic N) is 4. The molecule has 3 N–H and O–H groups in total. The molecular weight excluding hydrogens is 294 g/mol. The van der Waals surface area contributed by atoms with Crippen molar-refractivity contribution in [2.45, 2.75) is 25.8 Å². The quantitative estimate of drug-likeness (QED) is 0.730. The Labute approximate surface area is 132 Å². The van der Waals surface area contributed by atoms with Crippen molar-refractivity contribution in [3.8, 4) is 6.07 Å². The van der Waals surface area contributed by atoms with Gasteiger partial charge in [0, 0.05) is 11.9 Å². The van der Waals surface area contributed by atoms with Crippen LogP contribution >= 0.6 is 0 Å². The van der Waals surface area contributed by atoms with Crippen LogP contribution in [0.15, 0.2) is 24.4 Å². The number of fused-ring (bicyclic) bond motifs is 1. The number of aromatic amines is 1. The fourth-order valence-electron chi connectivity index (χ4n) is 2.65. The Morgan fingerprint density at radius 2 is 2.30 bits per heavy atom. The number of hydrogen-bond acceptors (Lipinski definition) is 6. The molecule has 116 valence electrons. The van der Waals surface area contributed by atoms with Crippen LogP contribution in [-0.2, 0) is 16.8 Å². The maximum absolute atomic E-state index is 11.8. The number of aromatic nitrogens is 4. The fourth-order valence-corrected chi connectivity index (χ4v) is 2.65. The van der Waals surface area contributed by atoms with Gasteiger partial charge in [0.05, 0.1) is 12.0 Å². The summed E-state index contributed by atoms with van der Waals surface area (Å²) in [4.78, 5) is 11.8. The lowest BCUT2D eigenvalue weighted by atomic mass is 9.85. The predicted octanol–water partition coefficient (Wildman–Crippen LogP) is 1.08. The molecule has 2 aromatic rings. The van der Waals surface area contributed by atoms with Gasteiger partial charge in [-0.2, -0.15) is 10.5 Å². The molecule has 1 aromatic carbocycles. The molecule has 8 nitrogen and oxygen atoms in total. The Morgan fingerprint density at radius 1 is 1.48 bits per heavy atom. The van der Waals surface area contributed by atoms with Gasteiger partial charge in [-0.25, -0.2) is 0 Å². The van der Waals surface area contributed by atoms with E-state index in [1.165, 1.54) is 6.20 Å². The van der Waals surface area contributed by atoms with E-state index >= 15 is 0 Å². The lowest BCUT2D eigenvalue weighted by molar-refractivity contribution is -0.122. The maximum Gasteiger partial charge on any atom is 0.225 e. The summed E-state index contributed by atoms with van der Waals surface area (Å²) in [5.74, 6) is 0.221. The van der Waals surface area contributed by atoms with Crippen LogP contribution in [0.25, 0.3) is 5.57 Å². The number of carbonyl (C=O) groups is 1. The van der Waals surface area contributed by atoms with Crippen LogP contribution in [0, 0.1) is 11.3 Å². The Hall–Kier alpha value is -3.21. The van der Waals surface area contributed by atoms with Crippen LogP contribution in [-0.4, -0.2) is 26.5 Å². The van der Waals surface area contributed by atoms with Gasteiger partial charge >= 0.3 is 0 Å². The summed E-state index contributed by atoms with van der Waals surface area (Å²) in [6.45, 7) is 3.94. The molecule has 1 aromatic heterocycles. The van der Waals surface area contributed by atoms with E-state index in [9.17, 15) is 4.79 Å². The van der Waals surface area contributed by atoms with Crippen molar-refractivity contribution in [1.29, 1.82) is 5.26 Å². The van der Waals surface area contributed by atoms with Crippen LogP contribution < -0.4 is 10.6 Å². The SMILES string of the molecule is CC1(C)NC(=O)Cc2cc(NC=C(C#N)c3nn[nH]n3)ccc21. The third-order valence-electron chi connectivity index (χ3n) is 3.67. The molecule has 0 saturated heterocycles. The summed E-state index contributed by atoms with van der Waals surface area (Å²) in [5, 5.41) is 28.4. The molecular formula is C15H15N7O. The average Bonchev–Trinajstić information content (AvgIpc) is 3.00. The Kier molecular flexibility index (Phi) is 3.54. The number of tetrazole rings is 1. The van der Waals surface area contributed by atoms with Gasteiger partial charge in [-0.1, -0.05) is 6.07 Å². The summed E-state index contributed by atoms with van der Waals surface area (Å²) < 4.78 is 0. The zero-order valence-electron chi connectivity index (χ0n) is 12.7. The van der Waals surface area contributed by atoms with E-state index < -0.39 is 0 Å². The van der Waals surface area contributed by atoms with E-state index in [0.717, 1.165) is 16.8 Å². The van der Waals surface area contributed by atoms with Gasteiger partial charge in [-0.3, -0.25) is 4.79 Å². The molecule has 1 aliphatic heterocycles. The van der Waals surface area contributed by atoms with E-state index in [1.54, 1.807) is 0 Å². The second-order valence-corrected chi connectivity index (χ2v) is 5.77. The van der Waals surface area contributed by atoms with Crippen molar-refractivity contribution in [3.05, 3.63) is 41.4 Å². The minimum Gasteiger partial charge on any atom is -0.360 e. The van der Waals surface area contributed by atoms with Crippen LogP contribution in [0.2, 0.25) is 0 Å². The van der Waals surface area contributed by atoms with Gasteiger partial charge in [-0.15, -0.1) is 10.2 Å².